The summed E-state index contributed by atoms with van der Waals surface area (Å²) >= 11 is 0. The fraction of sp³-hybridized carbons (Fsp3) is 0.200. The van der Waals surface area contributed by atoms with Gasteiger partial charge in [0.2, 0.25) is 0 Å². The molecule has 2 rings (SSSR count). The standard InChI is InChI=1S/C10H9.2FH.Hf/c1-8-6-7-9-4-2-3-5-10(8)9;;;/h2-5,7-8H,1H3;2*1H;/q-1;;;/p-2. The number of halogens is 2. The van der Waals surface area contributed by atoms with Crippen molar-refractivity contribution in [3.05, 3.63) is 41.5 Å². The molecule has 0 nitrogen and oxygen atoms in total. The van der Waals surface area contributed by atoms with Crippen molar-refractivity contribution < 1.29 is 35.3 Å². The summed E-state index contributed by atoms with van der Waals surface area (Å²) in [4.78, 5) is 0. The molecule has 0 saturated heterocycles. The van der Waals surface area contributed by atoms with Crippen LogP contribution >= 0.6 is 0 Å². The van der Waals surface area contributed by atoms with E-state index in [4.69, 9.17) is 0 Å². The number of fused-ring (bicyclic) bond motifs is 1. The Morgan fingerprint density at radius 2 is 1.77 bits per heavy atom. The quantitative estimate of drug-likeness (QED) is 0.340. The number of allylic oxidation sites excluding steroid dienone is 1. The Morgan fingerprint density at radius 1 is 1.15 bits per heavy atom. The molecule has 0 radical (unpaired) electrons. The van der Waals surface area contributed by atoms with E-state index < -0.39 is 0 Å². The van der Waals surface area contributed by atoms with Gasteiger partial charge in [-0.25, -0.2) is 6.08 Å². The van der Waals surface area contributed by atoms with Crippen molar-refractivity contribution >= 4 is 6.08 Å². The molecule has 0 fully saturated rings. The summed E-state index contributed by atoms with van der Waals surface area (Å²) in [7, 11) is 0. The van der Waals surface area contributed by atoms with Crippen LogP contribution in [-0.4, -0.2) is 0 Å². The van der Waals surface area contributed by atoms with Crippen molar-refractivity contribution in [3.63, 3.8) is 0 Å². The maximum Gasteiger partial charge on any atom is 0 e. The first-order chi connectivity index (χ1) is 4.88. The first-order valence-corrected chi connectivity index (χ1v) is 3.56. The molecule has 1 aromatic rings. The van der Waals surface area contributed by atoms with Gasteiger partial charge in [-0.3, -0.25) is 6.08 Å². The van der Waals surface area contributed by atoms with Crippen LogP contribution in [0.15, 0.2) is 24.3 Å². The van der Waals surface area contributed by atoms with Crippen molar-refractivity contribution in [2.45, 2.75) is 12.8 Å². The van der Waals surface area contributed by atoms with Crippen LogP contribution in [0.4, 0.5) is 0 Å². The SMILES string of the molecule is CC1[C-]=Cc2ccccc21.[F-].[F-].[Hf]. The van der Waals surface area contributed by atoms with E-state index >= 15 is 0 Å². The van der Waals surface area contributed by atoms with Gasteiger partial charge in [-0.15, -0.1) is 11.6 Å². The van der Waals surface area contributed by atoms with E-state index in [1.165, 1.54) is 11.1 Å². The average Bonchev–Trinajstić information content (AvgIpc) is 2.34. The Bertz CT molecular complexity index is 284. The Hall–Kier alpha value is -0.310. The van der Waals surface area contributed by atoms with Gasteiger partial charge in [0.1, 0.15) is 0 Å². The number of hydrogen-bond donors (Lipinski definition) is 0. The van der Waals surface area contributed by atoms with E-state index in [1.54, 1.807) is 0 Å². The predicted octanol–water partition coefficient (Wildman–Crippen LogP) is -3.37. The summed E-state index contributed by atoms with van der Waals surface area (Å²) in [6.45, 7) is 2.17. The van der Waals surface area contributed by atoms with Crippen LogP contribution < -0.4 is 9.41 Å². The predicted molar refractivity (Wildman–Crippen MR) is 42.6 cm³/mol. The molecular weight excluding hydrogens is 337 g/mol. The molecule has 3 heteroatoms. The zero-order valence-electron chi connectivity index (χ0n) is 7.22. The van der Waals surface area contributed by atoms with Gasteiger partial charge in [0, 0.05) is 25.8 Å². The zero-order valence-corrected chi connectivity index (χ0v) is 10.8. The van der Waals surface area contributed by atoms with E-state index in [-0.39, 0.29) is 35.3 Å². The summed E-state index contributed by atoms with van der Waals surface area (Å²) in [5.74, 6) is 0.496. The van der Waals surface area contributed by atoms with E-state index in [9.17, 15) is 0 Å². The van der Waals surface area contributed by atoms with Crippen LogP contribution in [0.3, 0.4) is 0 Å². The smallest absolute Gasteiger partial charge is 0 e. The second-order valence-corrected chi connectivity index (χ2v) is 2.66. The summed E-state index contributed by atoms with van der Waals surface area (Å²) in [6.07, 6.45) is 5.33. The maximum absolute atomic E-state index is 3.26. The molecular formula is C10H9F2Hf-3. The molecule has 0 bridgehead atoms. The number of rotatable bonds is 0. The fourth-order valence-electron chi connectivity index (χ4n) is 1.34. The Balaban J connectivity index is 0. The summed E-state index contributed by atoms with van der Waals surface area (Å²) < 4.78 is 0. The van der Waals surface area contributed by atoms with Crippen LogP contribution in [0.25, 0.3) is 6.08 Å². The Morgan fingerprint density at radius 3 is 2.38 bits per heavy atom. The van der Waals surface area contributed by atoms with Crippen molar-refractivity contribution in [1.29, 1.82) is 0 Å². The van der Waals surface area contributed by atoms with Crippen LogP contribution in [-0.2, 0) is 25.8 Å². The molecule has 1 aromatic carbocycles. The van der Waals surface area contributed by atoms with Gasteiger partial charge in [0.25, 0.3) is 0 Å². The van der Waals surface area contributed by atoms with Crippen molar-refractivity contribution in [2.75, 3.05) is 0 Å². The molecule has 0 amide bonds. The average molecular weight is 346 g/mol. The third-order valence-corrected chi connectivity index (χ3v) is 1.95. The van der Waals surface area contributed by atoms with E-state index in [1.807, 2.05) is 0 Å². The summed E-state index contributed by atoms with van der Waals surface area (Å²) in [6, 6.07) is 8.44. The van der Waals surface area contributed by atoms with Crippen molar-refractivity contribution in [2.24, 2.45) is 0 Å². The fourth-order valence-corrected chi connectivity index (χ4v) is 1.34. The maximum atomic E-state index is 3.26. The number of benzene rings is 1. The minimum absolute atomic E-state index is 0. The van der Waals surface area contributed by atoms with Gasteiger partial charge in [-0.2, -0.15) is 5.56 Å². The second-order valence-electron chi connectivity index (χ2n) is 2.66. The van der Waals surface area contributed by atoms with E-state index in [2.05, 4.69) is 43.3 Å². The minimum Gasteiger partial charge on any atom is -1.00 e. The molecule has 1 unspecified atom stereocenters. The minimum atomic E-state index is 0. The molecule has 0 aliphatic heterocycles. The molecule has 1 atom stereocenters. The molecule has 0 heterocycles. The van der Waals surface area contributed by atoms with Crippen LogP contribution in [0.2, 0.25) is 0 Å². The Kier molecular flexibility index (Phi) is 7.23. The van der Waals surface area contributed by atoms with Gasteiger partial charge in [-0.05, 0) is 0 Å². The molecule has 0 N–H and O–H groups in total. The van der Waals surface area contributed by atoms with Gasteiger partial charge >= 0.3 is 0 Å². The van der Waals surface area contributed by atoms with Gasteiger partial charge < -0.3 is 9.41 Å². The van der Waals surface area contributed by atoms with Crippen LogP contribution in [0.1, 0.15) is 24.0 Å². The van der Waals surface area contributed by atoms with E-state index in [0.29, 0.717) is 5.92 Å². The van der Waals surface area contributed by atoms with Gasteiger partial charge in [0.05, 0.1) is 0 Å². The second kappa shape index (κ2) is 6.19. The Labute approximate surface area is 95.6 Å². The normalized spacial score (nSPS) is 16.2. The van der Waals surface area contributed by atoms with Crippen LogP contribution in [0, 0.1) is 6.08 Å². The molecule has 0 aromatic heterocycles. The van der Waals surface area contributed by atoms with Crippen molar-refractivity contribution in [1.82, 2.24) is 0 Å². The first kappa shape index (κ1) is 15.2. The zero-order chi connectivity index (χ0) is 6.97. The van der Waals surface area contributed by atoms with E-state index in [0.717, 1.165) is 0 Å². The molecule has 1 aliphatic rings. The summed E-state index contributed by atoms with van der Waals surface area (Å²) in [5.41, 5.74) is 2.73. The summed E-state index contributed by atoms with van der Waals surface area (Å²) in [5, 5.41) is 0. The topological polar surface area (TPSA) is 0 Å². The largest absolute Gasteiger partial charge is 1.00 e. The first-order valence-electron chi connectivity index (χ1n) is 3.56. The molecule has 1 aliphatic carbocycles. The number of hydrogen-bond acceptors (Lipinski definition) is 0. The van der Waals surface area contributed by atoms with Gasteiger partial charge in [0.15, 0.2) is 0 Å². The molecule has 0 saturated carbocycles. The molecule has 13 heavy (non-hydrogen) atoms. The monoisotopic (exact) mass is 347 g/mol. The third-order valence-electron chi connectivity index (χ3n) is 1.95. The molecule has 0 spiro atoms. The van der Waals surface area contributed by atoms with Gasteiger partial charge in [-0.1, -0.05) is 31.0 Å². The molecule has 70 valence electrons. The van der Waals surface area contributed by atoms with Crippen LogP contribution in [0.5, 0.6) is 0 Å². The third kappa shape index (κ3) is 2.83. The van der Waals surface area contributed by atoms with Crippen molar-refractivity contribution in [3.8, 4) is 0 Å².